The molecule has 1 aromatic carbocycles. The van der Waals surface area contributed by atoms with Crippen LogP contribution in [-0.2, 0) is 0 Å². The molecule has 0 unspecified atom stereocenters. The maximum atomic E-state index is 5.71. The largest absolute Gasteiger partial charge is 0.460 e. The number of benzene rings is 1. The lowest BCUT2D eigenvalue weighted by molar-refractivity contribution is 0.518. The van der Waals surface area contributed by atoms with Crippen molar-refractivity contribution in [1.82, 2.24) is 5.32 Å². The maximum Gasteiger partial charge on any atom is 0.149 e. The first kappa shape index (κ1) is 26.9. The molecule has 0 atom stereocenters. The van der Waals surface area contributed by atoms with Crippen LogP contribution in [0.15, 0.2) is 83.1 Å². The zero-order valence-corrected chi connectivity index (χ0v) is 20.8. The smallest absolute Gasteiger partial charge is 0.149 e. The van der Waals surface area contributed by atoms with Crippen molar-refractivity contribution >= 4 is 11.4 Å². The molecule has 0 saturated carbocycles. The van der Waals surface area contributed by atoms with Crippen LogP contribution in [0.2, 0.25) is 0 Å². The SMILES string of the molecule is C=C(NC1=C(N)C=C1C)c1ccc(C)o1.C=CC.CCCN(CCC)c1ccccc1C. The second-order valence-corrected chi connectivity index (χ2v) is 7.85. The number of furan rings is 1. The standard InChI is InChI=1S/C13H21N.C12H14N2O.C3H6/c1-4-10-14(11-5-2)13-9-7-6-8-12(13)3;1-7-6-10(13)12(7)14-9(3)11-5-4-8(2)15-11;1-3-2/h6-9H,4-5,10-11H2,1-3H3;4-6,14H,3,13H2,1-2H3;3H,1H2,2H3. The third kappa shape index (κ3) is 8.18. The first-order valence-electron chi connectivity index (χ1n) is 11.4. The summed E-state index contributed by atoms with van der Waals surface area (Å²) in [6.45, 7) is 22.1. The molecule has 0 fully saturated rings. The number of para-hydroxylation sites is 1. The molecule has 4 heteroatoms. The highest BCUT2D eigenvalue weighted by Crippen LogP contribution is 2.24. The quantitative estimate of drug-likeness (QED) is 0.435. The molecule has 0 saturated heterocycles. The molecule has 1 heterocycles. The lowest BCUT2D eigenvalue weighted by Crippen LogP contribution is -2.25. The van der Waals surface area contributed by atoms with E-state index < -0.39 is 0 Å². The van der Waals surface area contributed by atoms with E-state index in [1.54, 1.807) is 6.08 Å². The highest BCUT2D eigenvalue weighted by Gasteiger charge is 2.15. The number of rotatable bonds is 8. The lowest BCUT2D eigenvalue weighted by atomic mass is 10.0. The number of nitrogens with zero attached hydrogens (tertiary/aromatic N) is 1. The Hall–Kier alpha value is -3.14. The van der Waals surface area contributed by atoms with Crippen molar-refractivity contribution in [3.8, 4) is 0 Å². The van der Waals surface area contributed by atoms with E-state index >= 15 is 0 Å². The number of hydrogen-bond acceptors (Lipinski definition) is 4. The average molecular weight is 436 g/mol. The van der Waals surface area contributed by atoms with E-state index in [9.17, 15) is 0 Å². The number of hydrogen-bond donors (Lipinski definition) is 2. The zero-order chi connectivity index (χ0) is 24.1. The molecule has 0 spiro atoms. The van der Waals surface area contributed by atoms with Crippen molar-refractivity contribution < 1.29 is 4.42 Å². The minimum absolute atomic E-state index is 0.730. The predicted molar refractivity (Wildman–Crippen MR) is 140 cm³/mol. The van der Waals surface area contributed by atoms with Crippen LogP contribution in [0.5, 0.6) is 0 Å². The average Bonchev–Trinajstić information content (AvgIpc) is 3.20. The molecular formula is C28H41N3O. The van der Waals surface area contributed by atoms with Crippen molar-refractivity contribution in [3.05, 3.63) is 95.8 Å². The summed E-state index contributed by atoms with van der Waals surface area (Å²) in [6.07, 6.45) is 6.10. The molecule has 0 aliphatic heterocycles. The number of nitrogens with one attached hydrogen (secondary N) is 1. The Bertz CT molecular complexity index is 928. The van der Waals surface area contributed by atoms with Gasteiger partial charge < -0.3 is 20.4 Å². The minimum Gasteiger partial charge on any atom is -0.460 e. The molecule has 4 nitrogen and oxygen atoms in total. The Labute approximate surface area is 195 Å². The van der Waals surface area contributed by atoms with Crippen LogP contribution in [-0.4, -0.2) is 13.1 Å². The fourth-order valence-electron chi connectivity index (χ4n) is 3.32. The van der Waals surface area contributed by atoms with Gasteiger partial charge in [0.05, 0.1) is 17.1 Å². The third-order valence-corrected chi connectivity index (χ3v) is 4.81. The van der Waals surface area contributed by atoms with E-state index in [0.29, 0.717) is 0 Å². The van der Waals surface area contributed by atoms with Crippen LogP contribution in [0.3, 0.4) is 0 Å². The summed E-state index contributed by atoms with van der Waals surface area (Å²) in [5.74, 6) is 1.61. The van der Waals surface area contributed by atoms with E-state index in [-0.39, 0.29) is 0 Å². The molecule has 0 radical (unpaired) electrons. The van der Waals surface area contributed by atoms with E-state index in [1.807, 2.05) is 39.0 Å². The molecular weight excluding hydrogens is 394 g/mol. The molecule has 1 aromatic heterocycles. The summed E-state index contributed by atoms with van der Waals surface area (Å²) in [4.78, 5) is 2.48. The van der Waals surface area contributed by atoms with Crippen molar-refractivity contribution in [1.29, 1.82) is 0 Å². The molecule has 3 rings (SSSR count). The lowest BCUT2D eigenvalue weighted by Gasteiger charge is -2.25. The fraction of sp³-hybridized carbons (Fsp3) is 0.357. The van der Waals surface area contributed by atoms with Crippen molar-refractivity contribution in [3.63, 3.8) is 0 Å². The Morgan fingerprint density at radius 1 is 1.06 bits per heavy atom. The maximum absolute atomic E-state index is 5.71. The Kier molecular flexibility index (Phi) is 11.8. The summed E-state index contributed by atoms with van der Waals surface area (Å²) in [6, 6.07) is 12.4. The number of allylic oxidation sites excluding steroid dienone is 3. The van der Waals surface area contributed by atoms with E-state index in [2.05, 4.69) is 68.4 Å². The van der Waals surface area contributed by atoms with Gasteiger partial charge in [-0.15, -0.1) is 6.58 Å². The van der Waals surface area contributed by atoms with Crippen LogP contribution in [0, 0.1) is 13.8 Å². The predicted octanol–water partition coefficient (Wildman–Crippen LogP) is 7.09. The van der Waals surface area contributed by atoms with Gasteiger partial charge >= 0.3 is 0 Å². The van der Waals surface area contributed by atoms with Crippen LogP contribution < -0.4 is 16.0 Å². The van der Waals surface area contributed by atoms with E-state index in [1.165, 1.54) is 37.2 Å². The first-order chi connectivity index (χ1) is 15.3. The molecule has 2 aromatic rings. The Morgan fingerprint density at radius 2 is 1.66 bits per heavy atom. The summed E-state index contributed by atoms with van der Waals surface area (Å²) in [7, 11) is 0. The minimum atomic E-state index is 0.730. The molecule has 32 heavy (non-hydrogen) atoms. The second kappa shape index (κ2) is 14.0. The van der Waals surface area contributed by atoms with Crippen molar-refractivity contribution in [2.45, 2.75) is 54.4 Å². The van der Waals surface area contributed by atoms with Crippen LogP contribution >= 0.6 is 0 Å². The first-order valence-corrected chi connectivity index (χ1v) is 11.4. The van der Waals surface area contributed by atoms with Gasteiger partial charge in [-0.05, 0) is 75.9 Å². The fourth-order valence-corrected chi connectivity index (χ4v) is 3.32. The third-order valence-electron chi connectivity index (χ3n) is 4.81. The number of aryl methyl sites for hydroxylation is 2. The van der Waals surface area contributed by atoms with Gasteiger partial charge in [-0.3, -0.25) is 0 Å². The molecule has 0 amide bonds. The summed E-state index contributed by atoms with van der Waals surface area (Å²) < 4.78 is 5.44. The molecule has 1 aliphatic rings. The van der Waals surface area contributed by atoms with Gasteiger partial charge in [-0.1, -0.05) is 44.7 Å². The van der Waals surface area contributed by atoms with Crippen LogP contribution in [0.1, 0.15) is 57.6 Å². The Morgan fingerprint density at radius 3 is 2.09 bits per heavy atom. The summed E-state index contributed by atoms with van der Waals surface area (Å²) >= 11 is 0. The van der Waals surface area contributed by atoms with Gasteiger partial charge in [-0.25, -0.2) is 0 Å². The van der Waals surface area contributed by atoms with Gasteiger partial charge in [0.1, 0.15) is 11.5 Å². The summed E-state index contributed by atoms with van der Waals surface area (Å²) in [5, 5.41) is 3.14. The highest BCUT2D eigenvalue weighted by molar-refractivity contribution is 5.63. The Balaban J connectivity index is 0.000000286. The normalized spacial score (nSPS) is 11.8. The van der Waals surface area contributed by atoms with Gasteiger partial charge in [-0.2, -0.15) is 0 Å². The summed E-state index contributed by atoms with van der Waals surface area (Å²) in [5.41, 5.74) is 12.1. The van der Waals surface area contributed by atoms with E-state index in [0.717, 1.165) is 34.2 Å². The van der Waals surface area contributed by atoms with Gasteiger partial charge in [0.2, 0.25) is 0 Å². The molecule has 3 N–H and O–H groups in total. The van der Waals surface area contributed by atoms with Gasteiger partial charge in [0.15, 0.2) is 0 Å². The van der Waals surface area contributed by atoms with Crippen LogP contribution in [0.4, 0.5) is 5.69 Å². The van der Waals surface area contributed by atoms with Gasteiger partial charge in [0, 0.05) is 18.8 Å². The monoisotopic (exact) mass is 435 g/mol. The van der Waals surface area contributed by atoms with Crippen molar-refractivity contribution in [2.75, 3.05) is 18.0 Å². The molecule has 0 bridgehead atoms. The topological polar surface area (TPSA) is 54.4 Å². The molecule has 174 valence electrons. The molecule has 1 aliphatic carbocycles. The second-order valence-electron chi connectivity index (χ2n) is 7.85. The van der Waals surface area contributed by atoms with Crippen LogP contribution in [0.25, 0.3) is 5.70 Å². The van der Waals surface area contributed by atoms with Crippen molar-refractivity contribution in [2.24, 2.45) is 5.73 Å². The number of anilines is 1. The van der Waals surface area contributed by atoms with Gasteiger partial charge in [0.25, 0.3) is 0 Å². The zero-order valence-electron chi connectivity index (χ0n) is 20.8. The van der Waals surface area contributed by atoms with E-state index in [4.69, 9.17) is 10.2 Å². The highest BCUT2D eigenvalue weighted by atomic mass is 16.3. The number of nitrogens with two attached hydrogens (primary N) is 1.